The Hall–Kier alpha value is -2.47. The summed E-state index contributed by atoms with van der Waals surface area (Å²) in [5.41, 5.74) is 8.28. The summed E-state index contributed by atoms with van der Waals surface area (Å²) in [7, 11) is -2.10. The highest BCUT2D eigenvalue weighted by atomic mass is 32.2. The first-order chi connectivity index (χ1) is 12.5. The van der Waals surface area contributed by atoms with Crippen LogP contribution < -0.4 is 5.73 Å². The summed E-state index contributed by atoms with van der Waals surface area (Å²) in [5, 5.41) is 0. The number of benzene rings is 3. The Kier molecular flexibility index (Phi) is 5.52. The molecule has 26 heavy (non-hydrogen) atoms. The van der Waals surface area contributed by atoms with Crippen molar-refractivity contribution in [2.75, 3.05) is 7.05 Å². The molecule has 0 amide bonds. The number of hydrogen-bond donors (Lipinski definition) is 1. The Bertz CT molecular complexity index is 930. The second-order valence-corrected chi connectivity index (χ2v) is 8.12. The van der Waals surface area contributed by atoms with Crippen LogP contribution in [0.4, 0.5) is 0 Å². The van der Waals surface area contributed by atoms with Crippen molar-refractivity contribution in [3.8, 4) is 0 Å². The zero-order valence-corrected chi connectivity index (χ0v) is 15.4. The predicted octanol–water partition coefficient (Wildman–Crippen LogP) is 3.75. The van der Waals surface area contributed by atoms with Gasteiger partial charge in [-0.3, -0.25) is 0 Å². The van der Waals surface area contributed by atoms with Crippen LogP contribution in [0.25, 0.3) is 0 Å². The van der Waals surface area contributed by atoms with Gasteiger partial charge in [0.25, 0.3) is 0 Å². The van der Waals surface area contributed by atoms with Crippen molar-refractivity contribution in [2.24, 2.45) is 5.73 Å². The van der Waals surface area contributed by atoms with Crippen LogP contribution in [0.1, 0.15) is 23.2 Å². The molecule has 0 aliphatic carbocycles. The normalized spacial score (nSPS) is 14.1. The van der Waals surface area contributed by atoms with Gasteiger partial charge in [0.15, 0.2) is 0 Å². The van der Waals surface area contributed by atoms with Gasteiger partial charge in [-0.15, -0.1) is 0 Å². The first-order valence-electron chi connectivity index (χ1n) is 8.40. The molecular weight excluding hydrogens is 344 g/mol. The van der Waals surface area contributed by atoms with Crippen LogP contribution in [0.3, 0.4) is 0 Å². The van der Waals surface area contributed by atoms with Gasteiger partial charge in [-0.1, -0.05) is 78.9 Å². The molecule has 2 N–H and O–H groups in total. The molecule has 0 bridgehead atoms. The van der Waals surface area contributed by atoms with Crippen LogP contribution in [0.15, 0.2) is 95.9 Å². The van der Waals surface area contributed by atoms with E-state index in [2.05, 4.69) is 0 Å². The lowest BCUT2D eigenvalue weighted by molar-refractivity contribution is 0.328. The summed E-state index contributed by atoms with van der Waals surface area (Å²) in [4.78, 5) is 0.253. The molecule has 0 radical (unpaired) electrons. The Balaban J connectivity index is 2.06. The largest absolute Gasteiger partial charge is 0.322 e. The van der Waals surface area contributed by atoms with E-state index in [0.29, 0.717) is 0 Å². The third-order valence-corrected chi connectivity index (χ3v) is 6.33. The number of sulfonamides is 1. The fourth-order valence-electron chi connectivity index (χ4n) is 3.06. The Morgan fingerprint density at radius 2 is 1.15 bits per heavy atom. The van der Waals surface area contributed by atoms with Crippen molar-refractivity contribution >= 4 is 10.0 Å². The number of likely N-dealkylation sites (N-methyl/N-ethyl adjacent to an activating group) is 1. The fraction of sp³-hybridized carbons (Fsp3) is 0.143. The summed E-state index contributed by atoms with van der Waals surface area (Å²) in [6.07, 6.45) is 0. The first kappa shape index (κ1) is 18.3. The van der Waals surface area contributed by atoms with E-state index in [0.717, 1.165) is 11.1 Å². The van der Waals surface area contributed by atoms with Crippen LogP contribution in [-0.4, -0.2) is 19.8 Å². The molecular formula is C21H22N2O2S. The quantitative estimate of drug-likeness (QED) is 0.723. The van der Waals surface area contributed by atoms with Crippen LogP contribution in [0.2, 0.25) is 0 Å². The van der Waals surface area contributed by atoms with Crippen LogP contribution in [0, 0.1) is 0 Å². The monoisotopic (exact) mass is 366 g/mol. The first-order valence-corrected chi connectivity index (χ1v) is 9.84. The Morgan fingerprint density at radius 3 is 1.65 bits per heavy atom. The maximum atomic E-state index is 13.2. The molecule has 0 aromatic heterocycles. The van der Waals surface area contributed by atoms with E-state index in [1.54, 1.807) is 37.4 Å². The third-order valence-electron chi connectivity index (χ3n) is 4.48. The van der Waals surface area contributed by atoms with Crippen molar-refractivity contribution in [1.29, 1.82) is 0 Å². The topological polar surface area (TPSA) is 63.4 Å². The van der Waals surface area contributed by atoms with E-state index < -0.39 is 22.1 Å². The maximum Gasteiger partial charge on any atom is 0.243 e. The second-order valence-electron chi connectivity index (χ2n) is 6.13. The van der Waals surface area contributed by atoms with Gasteiger partial charge < -0.3 is 5.73 Å². The molecule has 3 aromatic rings. The third kappa shape index (κ3) is 3.70. The van der Waals surface area contributed by atoms with Gasteiger partial charge in [0.05, 0.1) is 17.0 Å². The molecule has 134 valence electrons. The minimum absolute atomic E-state index is 0.253. The molecule has 0 saturated heterocycles. The summed E-state index contributed by atoms with van der Waals surface area (Å²) < 4.78 is 27.7. The van der Waals surface area contributed by atoms with Crippen molar-refractivity contribution in [3.05, 3.63) is 102 Å². The molecule has 0 fully saturated rings. The average molecular weight is 366 g/mol. The van der Waals surface area contributed by atoms with Gasteiger partial charge in [-0.25, -0.2) is 8.42 Å². The highest BCUT2D eigenvalue weighted by Gasteiger charge is 2.33. The summed E-state index contributed by atoms with van der Waals surface area (Å²) in [5.74, 6) is 0. The van der Waals surface area contributed by atoms with E-state index in [1.165, 1.54) is 4.31 Å². The number of nitrogens with zero attached hydrogens (tertiary/aromatic N) is 1. The molecule has 0 saturated carbocycles. The molecule has 0 heterocycles. The van der Waals surface area contributed by atoms with Gasteiger partial charge >= 0.3 is 0 Å². The standard InChI is InChI=1S/C21H22N2O2S/c1-23(26(24,25)19-15-9-4-10-16-19)21(18-13-7-3-8-14-18)20(22)17-11-5-2-6-12-17/h2-16,20-21H,22H2,1H3. The lowest BCUT2D eigenvalue weighted by Gasteiger charge is -2.32. The van der Waals surface area contributed by atoms with Crippen molar-refractivity contribution in [2.45, 2.75) is 17.0 Å². The molecule has 3 aromatic carbocycles. The Morgan fingerprint density at radius 1 is 0.731 bits per heavy atom. The smallest absolute Gasteiger partial charge is 0.243 e. The van der Waals surface area contributed by atoms with Crippen molar-refractivity contribution in [1.82, 2.24) is 4.31 Å². The van der Waals surface area contributed by atoms with Gasteiger partial charge in [0, 0.05) is 7.05 Å². The lowest BCUT2D eigenvalue weighted by atomic mass is 9.94. The lowest BCUT2D eigenvalue weighted by Crippen LogP contribution is -2.37. The molecule has 0 spiro atoms. The highest BCUT2D eigenvalue weighted by Crippen LogP contribution is 2.34. The van der Waals surface area contributed by atoms with Crippen LogP contribution in [0.5, 0.6) is 0 Å². The molecule has 3 rings (SSSR count). The van der Waals surface area contributed by atoms with E-state index in [1.807, 2.05) is 60.7 Å². The average Bonchev–Trinajstić information content (AvgIpc) is 2.70. The van der Waals surface area contributed by atoms with Crippen LogP contribution in [-0.2, 0) is 10.0 Å². The van der Waals surface area contributed by atoms with E-state index in [9.17, 15) is 8.42 Å². The van der Waals surface area contributed by atoms with E-state index in [4.69, 9.17) is 5.73 Å². The number of rotatable bonds is 6. The van der Waals surface area contributed by atoms with Crippen molar-refractivity contribution < 1.29 is 8.42 Å². The van der Waals surface area contributed by atoms with Gasteiger partial charge in [-0.05, 0) is 23.3 Å². The SMILES string of the molecule is CN(C(c1ccccc1)C(N)c1ccccc1)S(=O)(=O)c1ccccc1. The summed E-state index contributed by atoms with van der Waals surface area (Å²) in [6, 6.07) is 26.5. The number of hydrogen-bond acceptors (Lipinski definition) is 3. The fourth-order valence-corrected chi connectivity index (χ4v) is 4.44. The van der Waals surface area contributed by atoms with E-state index in [-0.39, 0.29) is 4.90 Å². The zero-order valence-electron chi connectivity index (χ0n) is 14.6. The highest BCUT2D eigenvalue weighted by molar-refractivity contribution is 7.89. The second kappa shape index (κ2) is 7.83. The molecule has 2 atom stereocenters. The molecule has 0 aliphatic heterocycles. The van der Waals surface area contributed by atoms with Gasteiger partial charge in [0.2, 0.25) is 10.0 Å². The predicted molar refractivity (Wildman–Crippen MR) is 104 cm³/mol. The minimum atomic E-state index is -3.69. The number of nitrogens with two attached hydrogens (primary N) is 1. The maximum absolute atomic E-state index is 13.2. The van der Waals surface area contributed by atoms with Crippen LogP contribution >= 0.6 is 0 Å². The molecule has 5 heteroatoms. The zero-order chi connectivity index (χ0) is 18.6. The molecule has 4 nitrogen and oxygen atoms in total. The molecule has 0 aliphatic rings. The van der Waals surface area contributed by atoms with Gasteiger partial charge in [0.1, 0.15) is 0 Å². The van der Waals surface area contributed by atoms with Crippen molar-refractivity contribution in [3.63, 3.8) is 0 Å². The Labute approximate surface area is 155 Å². The molecule has 2 unspecified atom stereocenters. The minimum Gasteiger partial charge on any atom is -0.322 e. The van der Waals surface area contributed by atoms with Gasteiger partial charge in [-0.2, -0.15) is 4.31 Å². The summed E-state index contributed by atoms with van der Waals surface area (Å²) >= 11 is 0. The summed E-state index contributed by atoms with van der Waals surface area (Å²) in [6.45, 7) is 0. The van der Waals surface area contributed by atoms with E-state index >= 15 is 0 Å².